The summed E-state index contributed by atoms with van der Waals surface area (Å²) in [5.41, 5.74) is 8.23. The Morgan fingerprint density at radius 1 is 1.20 bits per heavy atom. The number of hydrogen-bond donors (Lipinski definition) is 1. The van der Waals surface area contributed by atoms with Crippen molar-refractivity contribution in [1.29, 1.82) is 0 Å². The van der Waals surface area contributed by atoms with Gasteiger partial charge >= 0.3 is 0 Å². The molecule has 3 heteroatoms. The quantitative estimate of drug-likeness (QED) is 0.813. The number of aromatic nitrogens is 1. The van der Waals surface area contributed by atoms with Crippen LogP contribution in [0.15, 0.2) is 18.5 Å². The fourth-order valence-corrected chi connectivity index (χ4v) is 2.16. The summed E-state index contributed by atoms with van der Waals surface area (Å²) >= 11 is 0. The van der Waals surface area contributed by atoms with Crippen molar-refractivity contribution >= 4 is 0 Å². The number of pyridine rings is 1. The molecule has 82 valence electrons. The molecule has 0 saturated carbocycles. The zero-order valence-corrected chi connectivity index (χ0v) is 9.15. The predicted octanol–water partition coefficient (Wildman–Crippen LogP) is 1.53. The van der Waals surface area contributed by atoms with Crippen molar-refractivity contribution in [2.75, 3.05) is 13.1 Å². The van der Waals surface area contributed by atoms with Gasteiger partial charge in [-0.15, -0.1) is 0 Å². The SMILES string of the molecule is NCc1ccncc1CN1CCCCC1. The maximum atomic E-state index is 5.71. The highest BCUT2D eigenvalue weighted by molar-refractivity contribution is 5.22. The molecular weight excluding hydrogens is 186 g/mol. The number of nitrogens with two attached hydrogens (primary N) is 1. The first-order valence-corrected chi connectivity index (χ1v) is 5.74. The fourth-order valence-electron chi connectivity index (χ4n) is 2.16. The third-order valence-electron chi connectivity index (χ3n) is 3.07. The standard InChI is InChI=1S/C12H19N3/c13-8-11-4-5-14-9-12(11)10-15-6-2-1-3-7-15/h4-5,9H,1-3,6-8,10,13H2. The van der Waals surface area contributed by atoms with Crippen LogP contribution in [0.2, 0.25) is 0 Å². The average molecular weight is 205 g/mol. The van der Waals surface area contributed by atoms with Crippen LogP contribution in [0.3, 0.4) is 0 Å². The van der Waals surface area contributed by atoms with E-state index in [2.05, 4.69) is 9.88 Å². The molecule has 2 N–H and O–H groups in total. The van der Waals surface area contributed by atoms with Gasteiger partial charge in [0.1, 0.15) is 0 Å². The van der Waals surface area contributed by atoms with Gasteiger partial charge in [0.25, 0.3) is 0 Å². The summed E-state index contributed by atoms with van der Waals surface area (Å²) in [5.74, 6) is 0. The van der Waals surface area contributed by atoms with Gasteiger partial charge in [-0.3, -0.25) is 9.88 Å². The Morgan fingerprint density at radius 3 is 2.73 bits per heavy atom. The van der Waals surface area contributed by atoms with Crippen molar-refractivity contribution < 1.29 is 0 Å². The van der Waals surface area contributed by atoms with Crippen molar-refractivity contribution in [2.45, 2.75) is 32.4 Å². The molecule has 0 unspecified atom stereocenters. The minimum atomic E-state index is 0.617. The summed E-state index contributed by atoms with van der Waals surface area (Å²) in [5, 5.41) is 0. The molecule has 0 bridgehead atoms. The number of nitrogens with zero attached hydrogens (tertiary/aromatic N) is 2. The summed E-state index contributed by atoms with van der Waals surface area (Å²) in [6, 6.07) is 2.03. The molecule has 1 aliphatic rings. The third kappa shape index (κ3) is 2.76. The van der Waals surface area contributed by atoms with Crippen molar-refractivity contribution in [2.24, 2.45) is 5.73 Å². The lowest BCUT2D eigenvalue weighted by molar-refractivity contribution is 0.220. The van der Waals surface area contributed by atoms with Crippen molar-refractivity contribution in [3.05, 3.63) is 29.6 Å². The van der Waals surface area contributed by atoms with Crippen molar-refractivity contribution in [1.82, 2.24) is 9.88 Å². The second kappa shape index (κ2) is 5.24. The largest absolute Gasteiger partial charge is 0.326 e. The Labute approximate surface area is 91.3 Å². The lowest BCUT2D eigenvalue weighted by Crippen LogP contribution is -2.29. The predicted molar refractivity (Wildman–Crippen MR) is 61.3 cm³/mol. The van der Waals surface area contributed by atoms with Gasteiger partial charge in [0.2, 0.25) is 0 Å². The molecule has 0 aromatic carbocycles. The first-order valence-electron chi connectivity index (χ1n) is 5.74. The molecule has 1 aromatic heterocycles. The van der Waals surface area contributed by atoms with Crippen LogP contribution in [0.1, 0.15) is 30.4 Å². The normalized spacial score (nSPS) is 17.9. The van der Waals surface area contributed by atoms with Crippen LogP contribution in [0.25, 0.3) is 0 Å². The molecule has 0 spiro atoms. The van der Waals surface area contributed by atoms with E-state index in [0.29, 0.717) is 6.54 Å². The van der Waals surface area contributed by atoms with E-state index in [0.717, 1.165) is 6.54 Å². The lowest BCUT2D eigenvalue weighted by atomic mass is 10.1. The zero-order valence-electron chi connectivity index (χ0n) is 9.15. The van der Waals surface area contributed by atoms with Crippen LogP contribution in [0.4, 0.5) is 0 Å². The van der Waals surface area contributed by atoms with E-state index in [1.807, 2.05) is 18.5 Å². The molecule has 2 heterocycles. The summed E-state index contributed by atoms with van der Waals surface area (Å²) in [7, 11) is 0. The first-order chi connectivity index (χ1) is 7.40. The van der Waals surface area contributed by atoms with Gasteiger partial charge in [-0.05, 0) is 43.1 Å². The summed E-state index contributed by atoms with van der Waals surface area (Å²) in [6.45, 7) is 4.07. The number of likely N-dealkylation sites (tertiary alicyclic amines) is 1. The van der Waals surface area contributed by atoms with E-state index in [1.165, 1.54) is 43.5 Å². The van der Waals surface area contributed by atoms with Crippen LogP contribution in [0, 0.1) is 0 Å². The molecule has 3 nitrogen and oxygen atoms in total. The zero-order chi connectivity index (χ0) is 10.5. The van der Waals surface area contributed by atoms with E-state index in [4.69, 9.17) is 5.73 Å². The van der Waals surface area contributed by atoms with E-state index in [1.54, 1.807) is 0 Å². The van der Waals surface area contributed by atoms with Gasteiger partial charge in [-0.25, -0.2) is 0 Å². The lowest BCUT2D eigenvalue weighted by Gasteiger charge is -2.26. The highest BCUT2D eigenvalue weighted by atomic mass is 15.1. The molecular formula is C12H19N3. The molecule has 0 aliphatic carbocycles. The molecule has 15 heavy (non-hydrogen) atoms. The van der Waals surface area contributed by atoms with Crippen LogP contribution >= 0.6 is 0 Å². The maximum Gasteiger partial charge on any atom is 0.0316 e. The Bertz CT molecular complexity index is 305. The van der Waals surface area contributed by atoms with Gasteiger partial charge in [0.05, 0.1) is 0 Å². The smallest absolute Gasteiger partial charge is 0.0316 e. The molecule has 1 saturated heterocycles. The Balaban J connectivity index is 2.02. The highest BCUT2D eigenvalue weighted by Crippen LogP contribution is 2.14. The molecule has 2 rings (SSSR count). The highest BCUT2D eigenvalue weighted by Gasteiger charge is 2.11. The van der Waals surface area contributed by atoms with Crippen LogP contribution in [0.5, 0.6) is 0 Å². The third-order valence-corrected chi connectivity index (χ3v) is 3.07. The Morgan fingerprint density at radius 2 is 2.00 bits per heavy atom. The molecule has 1 fully saturated rings. The first kappa shape index (κ1) is 10.6. The number of rotatable bonds is 3. The van der Waals surface area contributed by atoms with Crippen molar-refractivity contribution in [3.8, 4) is 0 Å². The topological polar surface area (TPSA) is 42.1 Å². The van der Waals surface area contributed by atoms with Crippen LogP contribution in [-0.2, 0) is 13.1 Å². The van der Waals surface area contributed by atoms with Gasteiger partial charge in [-0.2, -0.15) is 0 Å². The van der Waals surface area contributed by atoms with Gasteiger partial charge in [0, 0.05) is 25.5 Å². The van der Waals surface area contributed by atoms with Gasteiger partial charge < -0.3 is 5.73 Å². The summed E-state index contributed by atoms with van der Waals surface area (Å²) < 4.78 is 0. The molecule has 0 amide bonds. The van der Waals surface area contributed by atoms with E-state index in [9.17, 15) is 0 Å². The van der Waals surface area contributed by atoms with E-state index < -0.39 is 0 Å². The molecule has 1 aliphatic heterocycles. The molecule has 0 radical (unpaired) electrons. The number of piperidine rings is 1. The second-order valence-electron chi connectivity index (χ2n) is 4.19. The van der Waals surface area contributed by atoms with Crippen LogP contribution in [-0.4, -0.2) is 23.0 Å². The second-order valence-corrected chi connectivity index (χ2v) is 4.19. The minimum Gasteiger partial charge on any atom is -0.326 e. The summed E-state index contributed by atoms with van der Waals surface area (Å²) in [4.78, 5) is 6.68. The minimum absolute atomic E-state index is 0.617. The molecule has 1 aromatic rings. The van der Waals surface area contributed by atoms with Gasteiger partial charge in [-0.1, -0.05) is 6.42 Å². The van der Waals surface area contributed by atoms with Gasteiger partial charge in [0.15, 0.2) is 0 Å². The molecule has 0 atom stereocenters. The van der Waals surface area contributed by atoms with Crippen molar-refractivity contribution in [3.63, 3.8) is 0 Å². The Kier molecular flexibility index (Phi) is 3.69. The van der Waals surface area contributed by atoms with E-state index in [-0.39, 0.29) is 0 Å². The fraction of sp³-hybridized carbons (Fsp3) is 0.583. The maximum absolute atomic E-state index is 5.71. The Hall–Kier alpha value is -0.930. The summed E-state index contributed by atoms with van der Waals surface area (Å²) in [6.07, 6.45) is 7.82. The number of hydrogen-bond acceptors (Lipinski definition) is 3. The van der Waals surface area contributed by atoms with Crippen LogP contribution < -0.4 is 5.73 Å². The van der Waals surface area contributed by atoms with E-state index >= 15 is 0 Å². The average Bonchev–Trinajstić information content (AvgIpc) is 2.31. The monoisotopic (exact) mass is 205 g/mol.